The number of carboxylic acid groups (broad SMARTS) is 1. The summed E-state index contributed by atoms with van der Waals surface area (Å²) < 4.78 is 42.4. The lowest BCUT2D eigenvalue weighted by Gasteiger charge is -2.39. The molecular weight excluding hydrogens is 399 g/mol. The van der Waals surface area contributed by atoms with E-state index < -0.39 is 29.8 Å². The van der Waals surface area contributed by atoms with Crippen molar-refractivity contribution in [2.75, 3.05) is 6.54 Å². The van der Waals surface area contributed by atoms with Gasteiger partial charge in [-0.3, -0.25) is 9.69 Å². The summed E-state index contributed by atoms with van der Waals surface area (Å²) in [6.45, 7) is 0.446. The molecule has 2 aromatic carbocycles. The predicted octanol–water partition coefficient (Wildman–Crippen LogP) is 5.95. The SMILES string of the molecule is O=C(O)C1CCCCN1C(c1cc2ccccc2s1)c1ccccc1C(F)(F)F. The monoisotopic (exact) mass is 419 g/mol. The van der Waals surface area contributed by atoms with E-state index in [4.69, 9.17) is 0 Å². The van der Waals surface area contributed by atoms with E-state index in [-0.39, 0.29) is 5.56 Å². The molecule has 2 unspecified atom stereocenters. The maximum Gasteiger partial charge on any atom is 0.416 e. The molecule has 4 rings (SSSR count). The normalized spacial score (nSPS) is 19.3. The Hall–Kier alpha value is -2.38. The van der Waals surface area contributed by atoms with Gasteiger partial charge in [0, 0.05) is 9.58 Å². The second-order valence-electron chi connectivity index (χ2n) is 7.26. The first-order chi connectivity index (χ1) is 13.9. The van der Waals surface area contributed by atoms with Gasteiger partial charge in [-0.25, -0.2) is 0 Å². The van der Waals surface area contributed by atoms with Gasteiger partial charge in [-0.1, -0.05) is 42.8 Å². The molecule has 0 amide bonds. The number of benzene rings is 2. The average Bonchev–Trinajstić information content (AvgIpc) is 3.11. The number of piperidine rings is 1. The van der Waals surface area contributed by atoms with Crippen LogP contribution >= 0.6 is 11.3 Å². The number of hydrogen-bond acceptors (Lipinski definition) is 3. The molecule has 3 nitrogen and oxygen atoms in total. The van der Waals surface area contributed by atoms with Crippen molar-refractivity contribution in [3.05, 3.63) is 70.6 Å². The molecule has 0 radical (unpaired) electrons. The summed E-state index contributed by atoms with van der Waals surface area (Å²) in [6, 6.07) is 13.5. The molecule has 0 saturated carbocycles. The molecule has 3 aromatic rings. The predicted molar refractivity (Wildman–Crippen MR) is 107 cm³/mol. The zero-order chi connectivity index (χ0) is 20.6. The number of thiophene rings is 1. The summed E-state index contributed by atoms with van der Waals surface area (Å²) in [6.07, 6.45) is -2.56. The topological polar surface area (TPSA) is 40.5 Å². The van der Waals surface area contributed by atoms with Crippen molar-refractivity contribution in [1.29, 1.82) is 0 Å². The average molecular weight is 419 g/mol. The zero-order valence-electron chi connectivity index (χ0n) is 15.5. The van der Waals surface area contributed by atoms with E-state index in [0.29, 0.717) is 13.0 Å². The van der Waals surface area contributed by atoms with Gasteiger partial charge in [-0.05, 0) is 48.5 Å². The molecular formula is C22H20F3NO2S. The van der Waals surface area contributed by atoms with E-state index in [2.05, 4.69) is 0 Å². The quantitative estimate of drug-likeness (QED) is 0.568. The Morgan fingerprint density at radius 3 is 2.55 bits per heavy atom. The van der Waals surface area contributed by atoms with Crippen LogP contribution < -0.4 is 0 Å². The molecule has 0 bridgehead atoms. The van der Waals surface area contributed by atoms with E-state index >= 15 is 0 Å². The first-order valence-corrected chi connectivity index (χ1v) is 10.3. The number of hydrogen-bond donors (Lipinski definition) is 1. The zero-order valence-corrected chi connectivity index (χ0v) is 16.3. The Balaban J connectivity index is 1.92. The van der Waals surface area contributed by atoms with Crippen LogP contribution in [0, 0.1) is 0 Å². The molecule has 152 valence electrons. The number of nitrogens with zero attached hydrogens (tertiary/aromatic N) is 1. The number of fused-ring (bicyclic) bond motifs is 1. The Bertz CT molecular complexity index is 997. The minimum Gasteiger partial charge on any atom is -0.480 e. The Labute approximate surface area is 170 Å². The van der Waals surface area contributed by atoms with Crippen molar-refractivity contribution in [1.82, 2.24) is 4.90 Å². The summed E-state index contributed by atoms with van der Waals surface area (Å²) in [5.74, 6) is -0.986. The minimum atomic E-state index is -4.51. The van der Waals surface area contributed by atoms with Gasteiger partial charge in [0.25, 0.3) is 0 Å². The second-order valence-corrected chi connectivity index (χ2v) is 8.38. The molecule has 7 heteroatoms. The van der Waals surface area contributed by atoms with Gasteiger partial charge >= 0.3 is 12.1 Å². The molecule has 29 heavy (non-hydrogen) atoms. The molecule has 1 saturated heterocycles. The molecule has 2 heterocycles. The Morgan fingerprint density at radius 1 is 1.10 bits per heavy atom. The van der Waals surface area contributed by atoms with E-state index in [1.54, 1.807) is 11.0 Å². The fourth-order valence-electron chi connectivity index (χ4n) is 4.15. The summed E-state index contributed by atoms with van der Waals surface area (Å²) >= 11 is 1.43. The largest absolute Gasteiger partial charge is 0.480 e. The third-order valence-electron chi connectivity index (χ3n) is 5.44. The van der Waals surface area contributed by atoms with E-state index in [0.717, 1.165) is 33.9 Å². The van der Waals surface area contributed by atoms with E-state index in [1.807, 2.05) is 30.3 Å². The van der Waals surface area contributed by atoms with Gasteiger partial charge in [-0.2, -0.15) is 13.2 Å². The van der Waals surface area contributed by atoms with E-state index in [1.165, 1.54) is 23.5 Å². The maximum atomic E-state index is 13.8. The van der Waals surface area contributed by atoms with Crippen LogP contribution in [0.15, 0.2) is 54.6 Å². The smallest absolute Gasteiger partial charge is 0.416 e. The Morgan fingerprint density at radius 2 is 1.83 bits per heavy atom. The maximum absolute atomic E-state index is 13.8. The lowest BCUT2D eigenvalue weighted by molar-refractivity contribution is -0.145. The number of carbonyl (C=O) groups is 1. The summed E-state index contributed by atoms with van der Waals surface area (Å²) in [5.41, 5.74) is -0.600. The van der Waals surface area contributed by atoms with Crippen LogP contribution in [-0.2, 0) is 11.0 Å². The van der Waals surface area contributed by atoms with Gasteiger partial charge < -0.3 is 5.11 Å². The highest BCUT2D eigenvalue weighted by atomic mass is 32.1. The lowest BCUT2D eigenvalue weighted by atomic mass is 9.92. The first kappa shape index (κ1) is 19.9. The van der Waals surface area contributed by atoms with E-state index in [9.17, 15) is 23.1 Å². The van der Waals surface area contributed by atoms with Crippen LogP contribution in [0.25, 0.3) is 10.1 Å². The van der Waals surface area contributed by atoms with Crippen molar-refractivity contribution >= 4 is 27.4 Å². The Kier molecular flexibility index (Phi) is 5.36. The van der Waals surface area contributed by atoms with Gasteiger partial charge in [0.1, 0.15) is 6.04 Å². The summed E-state index contributed by atoms with van der Waals surface area (Å²) in [5, 5.41) is 10.7. The molecule has 2 atom stereocenters. The van der Waals surface area contributed by atoms with Crippen LogP contribution in [0.2, 0.25) is 0 Å². The molecule has 1 aromatic heterocycles. The molecule has 1 fully saturated rings. The molecule has 1 N–H and O–H groups in total. The first-order valence-electron chi connectivity index (χ1n) is 9.49. The van der Waals surface area contributed by atoms with Gasteiger partial charge in [0.15, 0.2) is 0 Å². The molecule has 1 aliphatic heterocycles. The van der Waals surface area contributed by atoms with Crippen molar-refractivity contribution in [2.45, 2.75) is 37.5 Å². The lowest BCUT2D eigenvalue weighted by Crippen LogP contribution is -2.47. The molecule has 1 aliphatic rings. The summed E-state index contributed by atoms with van der Waals surface area (Å²) in [4.78, 5) is 14.4. The van der Waals surface area contributed by atoms with Crippen LogP contribution in [0.5, 0.6) is 0 Å². The van der Waals surface area contributed by atoms with Crippen molar-refractivity contribution in [2.24, 2.45) is 0 Å². The number of rotatable bonds is 4. The molecule has 0 spiro atoms. The van der Waals surface area contributed by atoms with Crippen molar-refractivity contribution < 1.29 is 23.1 Å². The molecule has 0 aliphatic carbocycles. The number of likely N-dealkylation sites (tertiary alicyclic amines) is 1. The third kappa shape index (κ3) is 3.89. The minimum absolute atomic E-state index is 0.111. The second kappa shape index (κ2) is 7.80. The van der Waals surface area contributed by atoms with Crippen LogP contribution in [0.4, 0.5) is 13.2 Å². The van der Waals surface area contributed by atoms with Gasteiger partial charge in [0.2, 0.25) is 0 Å². The van der Waals surface area contributed by atoms with Crippen LogP contribution in [0.1, 0.15) is 41.3 Å². The van der Waals surface area contributed by atoms with Crippen LogP contribution in [-0.4, -0.2) is 28.6 Å². The van der Waals surface area contributed by atoms with Crippen molar-refractivity contribution in [3.8, 4) is 0 Å². The number of carboxylic acids is 1. The number of aliphatic carboxylic acids is 1. The van der Waals surface area contributed by atoms with Gasteiger partial charge in [-0.15, -0.1) is 11.3 Å². The highest BCUT2D eigenvalue weighted by Gasteiger charge is 2.41. The van der Waals surface area contributed by atoms with Crippen molar-refractivity contribution in [3.63, 3.8) is 0 Å². The standard InChI is InChI=1S/C22H20F3NO2S/c23-22(24,25)16-9-3-2-8-15(16)20(26-12-6-5-10-17(26)21(27)28)19-13-14-7-1-4-11-18(14)29-19/h1-4,7-9,11,13,17,20H,5-6,10,12H2,(H,27,28). The highest BCUT2D eigenvalue weighted by molar-refractivity contribution is 7.19. The summed E-state index contributed by atoms with van der Waals surface area (Å²) in [7, 11) is 0. The highest BCUT2D eigenvalue weighted by Crippen LogP contribution is 2.44. The number of alkyl halides is 3. The number of halogens is 3. The third-order valence-corrected chi connectivity index (χ3v) is 6.60. The fourth-order valence-corrected chi connectivity index (χ4v) is 5.36. The van der Waals surface area contributed by atoms with Crippen LogP contribution in [0.3, 0.4) is 0 Å². The van der Waals surface area contributed by atoms with Gasteiger partial charge in [0.05, 0.1) is 11.6 Å². The fraction of sp³-hybridized carbons (Fsp3) is 0.318.